The fourth-order valence-corrected chi connectivity index (χ4v) is 1.73. The van der Waals surface area contributed by atoms with Crippen molar-refractivity contribution in [3.05, 3.63) is 6.42 Å². The third kappa shape index (κ3) is 0.867. The number of aliphatic hydroxyl groups excluding tert-OH is 1. The summed E-state index contributed by atoms with van der Waals surface area (Å²) in [6.07, 6.45) is 5.92. The molecule has 2 rings (SSSR count). The summed E-state index contributed by atoms with van der Waals surface area (Å²) in [6.45, 7) is 2.63. The van der Waals surface area contributed by atoms with Crippen molar-refractivity contribution in [3.63, 3.8) is 0 Å². The monoisotopic (exact) mass is 140 g/mol. The first-order chi connectivity index (χ1) is 4.87. The highest BCUT2D eigenvalue weighted by atomic mass is 16.3. The second kappa shape index (κ2) is 2.21. The summed E-state index contributed by atoms with van der Waals surface area (Å²) >= 11 is 0. The molecule has 10 heavy (non-hydrogen) atoms. The van der Waals surface area contributed by atoms with Crippen molar-refractivity contribution in [1.29, 1.82) is 0 Å². The highest BCUT2D eigenvalue weighted by Crippen LogP contribution is 2.42. The van der Waals surface area contributed by atoms with Crippen LogP contribution in [0.15, 0.2) is 0 Å². The van der Waals surface area contributed by atoms with E-state index in [4.69, 9.17) is 5.11 Å². The van der Waals surface area contributed by atoms with Crippen LogP contribution in [-0.4, -0.2) is 35.2 Å². The summed E-state index contributed by atoms with van der Waals surface area (Å²) in [5.74, 6) is 0. The fourth-order valence-electron chi connectivity index (χ4n) is 1.73. The number of nitrogens with zero attached hydrogens (tertiary/aromatic N) is 1. The maximum absolute atomic E-state index is 9.06. The van der Waals surface area contributed by atoms with Gasteiger partial charge in [-0.1, -0.05) is 0 Å². The van der Waals surface area contributed by atoms with Crippen LogP contribution in [0.4, 0.5) is 0 Å². The van der Waals surface area contributed by atoms with Crippen LogP contribution < -0.4 is 0 Å². The molecular formula is C8H14NO. The fraction of sp³-hybridized carbons (Fsp3) is 0.875. The predicted octanol–water partition coefficient (Wildman–Crippen LogP) is 0.421. The van der Waals surface area contributed by atoms with Gasteiger partial charge in [-0.2, -0.15) is 0 Å². The minimum absolute atomic E-state index is 0.229. The van der Waals surface area contributed by atoms with Crippen molar-refractivity contribution < 1.29 is 5.11 Å². The lowest BCUT2D eigenvalue weighted by Crippen LogP contribution is -2.37. The third-order valence-electron chi connectivity index (χ3n) is 2.74. The van der Waals surface area contributed by atoms with Crippen molar-refractivity contribution in [2.24, 2.45) is 0 Å². The Kier molecular flexibility index (Phi) is 1.46. The molecule has 2 heteroatoms. The van der Waals surface area contributed by atoms with Gasteiger partial charge in [0.2, 0.25) is 0 Å². The van der Waals surface area contributed by atoms with Crippen molar-refractivity contribution >= 4 is 0 Å². The van der Waals surface area contributed by atoms with Crippen LogP contribution >= 0.6 is 0 Å². The SMILES string of the molecule is OCC1(N2C[CH]CC2)CC1. The highest BCUT2D eigenvalue weighted by molar-refractivity contribution is 5.06. The Bertz CT molecular complexity index is 125. The lowest BCUT2D eigenvalue weighted by molar-refractivity contribution is 0.130. The van der Waals surface area contributed by atoms with E-state index in [1.807, 2.05) is 0 Å². The smallest absolute Gasteiger partial charge is 0.0615 e. The molecule has 0 aromatic carbocycles. The largest absolute Gasteiger partial charge is 0.394 e. The zero-order valence-electron chi connectivity index (χ0n) is 6.21. The first kappa shape index (κ1) is 6.62. The first-order valence-electron chi connectivity index (χ1n) is 4.05. The summed E-state index contributed by atoms with van der Waals surface area (Å²) in [6, 6.07) is 0. The van der Waals surface area contributed by atoms with Crippen LogP contribution in [0.5, 0.6) is 0 Å². The minimum Gasteiger partial charge on any atom is -0.394 e. The predicted molar refractivity (Wildman–Crippen MR) is 39.5 cm³/mol. The van der Waals surface area contributed by atoms with Crippen LogP contribution in [-0.2, 0) is 0 Å². The van der Waals surface area contributed by atoms with Crippen molar-refractivity contribution in [1.82, 2.24) is 4.90 Å². The normalized spacial score (nSPS) is 30.9. The Morgan fingerprint density at radius 2 is 2.30 bits per heavy atom. The van der Waals surface area contributed by atoms with Gasteiger partial charge in [0.15, 0.2) is 0 Å². The molecule has 0 atom stereocenters. The Labute approximate surface area is 61.8 Å². The van der Waals surface area contributed by atoms with E-state index >= 15 is 0 Å². The average molecular weight is 140 g/mol. The molecule has 1 radical (unpaired) electrons. The molecular weight excluding hydrogens is 126 g/mol. The van der Waals surface area contributed by atoms with E-state index in [0.29, 0.717) is 6.61 Å². The number of likely N-dealkylation sites (tertiary alicyclic amines) is 1. The zero-order valence-corrected chi connectivity index (χ0v) is 6.21. The van der Waals surface area contributed by atoms with Crippen LogP contribution in [0.2, 0.25) is 0 Å². The van der Waals surface area contributed by atoms with Crippen molar-refractivity contribution in [2.45, 2.75) is 24.8 Å². The van der Waals surface area contributed by atoms with E-state index < -0.39 is 0 Å². The molecule has 2 aliphatic rings. The Morgan fingerprint density at radius 3 is 2.70 bits per heavy atom. The summed E-state index contributed by atoms with van der Waals surface area (Å²) in [5, 5.41) is 9.06. The number of rotatable bonds is 2. The molecule has 0 aromatic rings. The van der Waals surface area contributed by atoms with Gasteiger partial charge in [-0.05, 0) is 32.2 Å². The second-order valence-electron chi connectivity index (χ2n) is 3.41. The van der Waals surface area contributed by atoms with Gasteiger partial charge in [0.25, 0.3) is 0 Å². The summed E-state index contributed by atoms with van der Waals surface area (Å²) in [4.78, 5) is 2.41. The van der Waals surface area contributed by atoms with Gasteiger partial charge in [0, 0.05) is 12.1 Å². The maximum Gasteiger partial charge on any atom is 0.0615 e. The lowest BCUT2D eigenvalue weighted by Gasteiger charge is -2.24. The van der Waals surface area contributed by atoms with E-state index in [2.05, 4.69) is 11.3 Å². The molecule has 57 valence electrons. The van der Waals surface area contributed by atoms with Gasteiger partial charge in [-0.15, -0.1) is 0 Å². The molecule has 0 amide bonds. The van der Waals surface area contributed by atoms with Crippen molar-refractivity contribution in [2.75, 3.05) is 19.7 Å². The van der Waals surface area contributed by atoms with Gasteiger partial charge < -0.3 is 5.11 Å². The van der Waals surface area contributed by atoms with Crippen molar-refractivity contribution in [3.8, 4) is 0 Å². The molecule has 0 aromatic heterocycles. The maximum atomic E-state index is 9.06. The molecule has 1 heterocycles. The Hall–Kier alpha value is -0.0800. The van der Waals surface area contributed by atoms with Crippen LogP contribution in [0.25, 0.3) is 0 Å². The van der Waals surface area contributed by atoms with Gasteiger partial charge in [0.05, 0.1) is 6.61 Å². The summed E-state index contributed by atoms with van der Waals surface area (Å²) in [5.41, 5.74) is 0.229. The Balaban J connectivity index is 1.96. The first-order valence-corrected chi connectivity index (χ1v) is 4.05. The van der Waals surface area contributed by atoms with Gasteiger partial charge in [0.1, 0.15) is 0 Å². The molecule has 1 aliphatic carbocycles. The Morgan fingerprint density at radius 1 is 1.50 bits per heavy atom. The third-order valence-corrected chi connectivity index (χ3v) is 2.74. The van der Waals surface area contributed by atoms with Crippen LogP contribution in [0.1, 0.15) is 19.3 Å². The molecule has 1 N–H and O–H groups in total. The molecule has 1 saturated carbocycles. The summed E-state index contributed by atoms with van der Waals surface area (Å²) in [7, 11) is 0. The van der Waals surface area contributed by atoms with Gasteiger partial charge in [-0.25, -0.2) is 0 Å². The molecule has 2 nitrogen and oxygen atoms in total. The van der Waals surface area contributed by atoms with Gasteiger partial charge >= 0.3 is 0 Å². The van der Waals surface area contributed by atoms with Crippen LogP contribution in [0.3, 0.4) is 0 Å². The molecule has 0 bridgehead atoms. The minimum atomic E-state index is 0.229. The molecule has 0 spiro atoms. The average Bonchev–Trinajstić information content (AvgIpc) is 2.58. The number of hydrogen-bond acceptors (Lipinski definition) is 2. The molecule has 0 unspecified atom stereocenters. The second-order valence-corrected chi connectivity index (χ2v) is 3.41. The van der Waals surface area contributed by atoms with E-state index in [-0.39, 0.29) is 5.54 Å². The highest BCUT2D eigenvalue weighted by Gasteiger charge is 2.47. The van der Waals surface area contributed by atoms with E-state index in [1.54, 1.807) is 0 Å². The van der Waals surface area contributed by atoms with E-state index in [1.165, 1.54) is 25.8 Å². The molecule has 1 aliphatic heterocycles. The standard InChI is InChI=1S/C8H14NO/c10-7-8(3-4-8)9-5-1-2-6-9/h1,10H,2-7H2. The number of aliphatic hydroxyl groups is 1. The topological polar surface area (TPSA) is 23.5 Å². The van der Waals surface area contributed by atoms with Crippen LogP contribution in [0, 0.1) is 6.42 Å². The number of hydrogen-bond donors (Lipinski definition) is 1. The zero-order chi connectivity index (χ0) is 7.03. The van der Waals surface area contributed by atoms with E-state index in [0.717, 1.165) is 6.54 Å². The lowest BCUT2D eigenvalue weighted by atomic mass is 10.2. The molecule has 2 fully saturated rings. The van der Waals surface area contributed by atoms with E-state index in [9.17, 15) is 0 Å². The van der Waals surface area contributed by atoms with Gasteiger partial charge in [-0.3, -0.25) is 4.90 Å². The quantitative estimate of drug-likeness (QED) is 0.601. The molecule has 1 saturated heterocycles. The summed E-state index contributed by atoms with van der Waals surface area (Å²) < 4.78 is 0.